The molecule has 20 heavy (non-hydrogen) atoms. The van der Waals surface area contributed by atoms with Gasteiger partial charge in [0.1, 0.15) is 0 Å². The Hall–Kier alpha value is -2.36. The van der Waals surface area contributed by atoms with Crippen LogP contribution in [0.1, 0.15) is 24.6 Å². The number of hydrogen-bond donors (Lipinski definition) is 1. The number of imidazole rings is 1. The SMILES string of the molecule is Cc1cn(C2CC2)c(Nc2cnc3ccccc3c2)n1. The summed E-state index contributed by atoms with van der Waals surface area (Å²) in [5.74, 6) is 0.919. The van der Waals surface area contributed by atoms with E-state index in [1.165, 1.54) is 12.8 Å². The molecule has 100 valence electrons. The molecule has 2 heterocycles. The van der Waals surface area contributed by atoms with Crippen molar-refractivity contribution in [2.45, 2.75) is 25.8 Å². The van der Waals surface area contributed by atoms with Gasteiger partial charge in [-0.15, -0.1) is 0 Å². The number of aromatic nitrogens is 3. The summed E-state index contributed by atoms with van der Waals surface area (Å²) in [6.07, 6.45) is 6.49. The number of fused-ring (bicyclic) bond motifs is 1. The van der Waals surface area contributed by atoms with E-state index >= 15 is 0 Å². The molecule has 0 bridgehead atoms. The van der Waals surface area contributed by atoms with Gasteiger partial charge in [0.2, 0.25) is 5.95 Å². The number of para-hydroxylation sites is 1. The van der Waals surface area contributed by atoms with Gasteiger partial charge < -0.3 is 9.88 Å². The van der Waals surface area contributed by atoms with Crippen LogP contribution in [-0.4, -0.2) is 14.5 Å². The Labute approximate surface area is 117 Å². The molecular formula is C16H16N4. The van der Waals surface area contributed by atoms with Crippen molar-refractivity contribution in [1.29, 1.82) is 0 Å². The monoisotopic (exact) mass is 264 g/mol. The van der Waals surface area contributed by atoms with Gasteiger partial charge in [-0.05, 0) is 31.9 Å². The van der Waals surface area contributed by atoms with Crippen LogP contribution in [0.3, 0.4) is 0 Å². The third kappa shape index (κ3) is 2.03. The Morgan fingerprint density at radius 1 is 1.25 bits per heavy atom. The van der Waals surface area contributed by atoms with E-state index in [1.807, 2.05) is 31.3 Å². The number of nitrogens with one attached hydrogen (secondary N) is 1. The highest BCUT2D eigenvalue weighted by Gasteiger charge is 2.26. The predicted molar refractivity (Wildman–Crippen MR) is 80.3 cm³/mol. The molecule has 0 radical (unpaired) electrons. The number of nitrogens with zero attached hydrogens (tertiary/aromatic N) is 3. The first-order valence-electron chi connectivity index (χ1n) is 6.97. The fraction of sp³-hybridized carbons (Fsp3) is 0.250. The van der Waals surface area contributed by atoms with Crippen molar-refractivity contribution in [3.05, 3.63) is 48.4 Å². The quantitative estimate of drug-likeness (QED) is 0.782. The minimum Gasteiger partial charge on any atom is -0.324 e. The van der Waals surface area contributed by atoms with Crippen molar-refractivity contribution in [3.63, 3.8) is 0 Å². The Morgan fingerprint density at radius 2 is 2.10 bits per heavy atom. The predicted octanol–water partition coefficient (Wildman–Crippen LogP) is 3.82. The van der Waals surface area contributed by atoms with Crippen LogP contribution in [0.25, 0.3) is 10.9 Å². The topological polar surface area (TPSA) is 42.7 Å². The second kappa shape index (κ2) is 4.34. The second-order valence-electron chi connectivity index (χ2n) is 5.39. The molecule has 0 saturated heterocycles. The van der Waals surface area contributed by atoms with Crippen LogP contribution in [0.4, 0.5) is 11.6 Å². The molecule has 1 aliphatic rings. The largest absolute Gasteiger partial charge is 0.324 e. The van der Waals surface area contributed by atoms with Crippen molar-refractivity contribution in [2.75, 3.05) is 5.32 Å². The number of pyridine rings is 1. The van der Waals surface area contributed by atoms with Crippen molar-refractivity contribution in [3.8, 4) is 0 Å². The van der Waals surface area contributed by atoms with Gasteiger partial charge in [-0.3, -0.25) is 4.98 Å². The van der Waals surface area contributed by atoms with Crippen LogP contribution < -0.4 is 5.32 Å². The van der Waals surface area contributed by atoms with E-state index in [0.29, 0.717) is 6.04 Å². The summed E-state index contributed by atoms with van der Waals surface area (Å²) < 4.78 is 2.24. The molecule has 0 spiro atoms. The number of aryl methyl sites for hydroxylation is 1. The van der Waals surface area contributed by atoms with Gasteiger partial charge >= 0.3 is 0 Å². The second-order valence-corrected chi connectivity index (χ2v) is 5.39. The summed E-state index contributed by atoms with van der Waals surface area (Å²) in [7, 11) is 0. The molecule has 4 heteroatoms. The van der Waals surface area contributed by atoms with Crippen LogP contribution in [-0.2, 0) is 0 Å². The smallest absolute Gasteiger partial charge is 0.207 e. The third-order valence-corrected chi connectivity index (χ3v) is 3.64. The Kier molecular flexibility index (Phi) is 2.49. The average molecular weight is 264 g/mol. The van der Waals surface area contributed by atoms with Crippen molar-refractivity contribution >= 4 is 22.5 Å². The highest BCUT2D eigenvalue weighted by atomic mass is 15.2. The van der Waals surface area contributed by atoms with Gasteiger partial charge in [-0.1, -0.05) is 18.2 Å². The van der Waals surface area contributed by atoms with E-state index in [2.05, 4.69) is 38.2 Å². The highest BCUT2D eigenvalue weighted by Crippen LogP contribution is 2.38. The zero-order valence-corrected chi connectivity index (χ0v) is 11.4. The van der Waals surface area contributed by atoms with Crippen LogP contribution in [0.5, 0.6) is 0 Å². The van der Waals surface area contributed by atoms with E-state index in [-0.39, 0.29) is 0 Å². The normalized spacial score (nSPS) is 14.7. The number of benzene rings is 1. The molecule has 4 rings (SSSR count). The van der Waals surface area contributed by atoms with Gasteiger partial charge in [-0.25, -0.2) is 4.98 Å². The van der Waals surface area contributed by atoms with Crippen molar-refractivity contribution < 1.29 is 0 Å². The molecule has 1 aromatic carbocycles. The summed E-state index contributed by atoms with van der Waals surface area (Å²) in [6.45, 7) is 2.03. The molecular weight excluding hydrogens is 248 g/mol. The van der Waals surface area contributed by atoms with Crippen LogP contribution >= 0.6 is 0 Å². The van der Waals surface area contributed by atoms with Gasteiger partial charge in [0, 0.05) is 17.6 Å². The molecule has 1 saturated carbocycles. The maximum atomic E-state index is 4.57. The lowest BCUT2D eigenvalue weighted by molar-refractivity contribution is 0.750. The maximum absolute atomic E-state index is 4.57. The number of anilines is 2. The fourth-order valence-corrected chi connectivity index (χ4v) is 2.51. The summed E-state index contributed by atoms with van der Waals surface area (Å²) in [4.78, 5) is 9.05. The molecule has 1 aliphatic carbocycles. The molecule has 4 nitrogen and oxygen atoms in total. The Balaban J connectivity index is 1.70. The van der Waals surface area contributed by atoms with Crippen molar-refractivity contribution in [2.24, 2.45) is 0 Å². The summed E-state index contributed by atoms with van der Waals surface area (Å²) in [5, 5.41) is 4.53. The van der Waals surface area contributed by atoms with E-state index in [9.17, 15) is 0 Å². The first-order chi connectivity index (χ1) is 9.79. The summed E-state index contributed by atoms with van der Waals surface area (Å²) in [5.41, 5.74) is 3.05. The lowest BCUT2D eigenvalue weighted by Gasteiger charge is -2.09. The minimum absolute atomic E-state index is 0.618. The molecule has 0 unspecified atom stereocenters. The van der Waals surface area contributed by atoms with Gasteiger partial charge in [0.15, 0.2) is 0 Å². The first-order valence-corrected chi connectivity index (χ1v) is 6.97. The van der Waals surface area contributed by atoms with Gasteiger partial charge in [0.25, 0.3) is 0 Å². The zero-order chi connectivity index (χ0) is 13.5. The van der Waals surface area contributed by atoms with E-state index in [4.69, 9.17) is 0 Å². The van der Waals surface area contributed by atoms with E-state index in [0.717, 1.165) is 28.2 Å². The fourth-order valence-electron chi connectivity index (χ4n) is 2.51. The van der Waals surface area contributed by atoms with Crippen LogP contribution in [0.2, 0.25) is 0 Å². The minimum atomic E-state index is 0.618. The Bertz CT molecular complexity index is 771. The first kappa shape index (κ1) is 11.5. The molecule has 1 N–H and O–H groups in total. The van der Waals surface area contributed by atoms with E-state index in [1.54, 1.807) is 0 Å². The lowest BCUT2D eigenvalue weighted by Crippen LogP contribution is -2.01. The average Bonchev–Trinajstić information content (AvgIpc) is 3.23. The molecule has 2 aromatic heterocycles. The highest BCUT2D eigenvalue weighted by molar-refractivity contribution is 5.82. The van der Waals surface area contributed by atoms with Gasteiger partial charge in [-0.2, -0.15) is 0 Å². The number of rotatable bonds is 3. The molecule has 0 amide bonds. The van der Waals surface area contributed by atoms with Gasteiger partial charge in [0.05, 0.1) is 23.1 Å². The van der Waals surface area contributed by atoms with Crippen LogP contribution in [0.15, 0.2) is 42.7 Å². The standard InChI is InChI=1S/C16H16N4/c1-11-10-20(14-6-7-14)16(18-11)19-13-8-12-4-2-3-5-15(12)17-9-13/h2-5,8-10,14H,6-7H2,1H3,(H,18,19). The summed E-state index contributed by atoms with van der Waals surface area (Å²) in [6, 6.07) is 10.9. The summed E-state index contributed by atoms with van der Waals surface area (Å²) >= 11 is 0. The van der Waals surface area contributed by atoms with E-state index < -0.39 is 0 Å². The van der Waals surface area contributed by atoms with Crippen molar-refractivity contribution in [1.82, 2.24) is 14.5 Å². The number of hydrogen-bond acceptors (Lipinski definition) is 3. The van der Waals surface area contributed by atoms with Crippen LogP contribution in [0, 0.1) is 6.92 Å². The molecule has 0 aliphatic heterocycles. The Morgan fingerprint density at radius 3 is 2.95 bits per heavy atom. The third-order valence-electron chi connectivity index (χ3n) is 3.64. The molecule has 3 aromatic rings. The molecule has 0 atom stereocenters. The zero-order valence-electron chi connectivity index (χ0n) is 11.4. The molecule has 1 fully saturated rings. The lowest BCUT2D eigenvalue weighted by atomic mass is 10.2. The maximum Gasteiger partial charge on any atom is 0.207 e.